The zero-order valence-corrected chi connectivity index (χ0v) is 13.6. The molecule has 0 aliphatic carbocycles. The van der Waals surface area contributed by atoms with E-state index in [4.69, 9.17) is 4.74 Å². The molecule has 1 atom stereocenters. The van der Waals surface area contributed by atoms with Crippen LogP contribution in [-0.4, -0.2) is 30.3 Å². The van der Waals surface area contributed by atoms with Gasteiger partial charge in [-0.3, -0.25) is 4.79 Å². The Labute approximate surface area is 144 Å². The minimum Gasteiger partial charge on any atom is -0.497 e. The van der Waals surface area contributed by atoms with Crippen molar-refractivity contribution >= 4 is 28.9 Å². The second-order valence-corrected chi connectivity index (χ2v) is 6.48. The number of rotatable bonds is 3. The minimum atomic E-state index is -4.63. The van der Waals surface area contributed by atoms with E-state index in [0.717, 1.165) is 0 Å². The summed E-state index contributed by atoms with van der Waals surface area (Å²) in [5, 5.41) is 11.8. The van der Waals surface area contributed by atoms with Gasteiger partial charge >= 0.3 is 12.1 Å². The molecule has 132 valence electrons. The van der Waals surface area contributed by atoms with E-state index in [0.29, 0.717) is 22.6 Å². The molecule has 3 rings (SSSR count). The molecule has 1 aromatic heterocycles. The zero-order valence-electron chi connectivity index (χ0n) is 12.8. The summed E-state index contributed by atoms with van der Waals surface area (Å²) in [6.45, 7) is 0. The van der Waals surface area contributed by atoms with Crippen LogP contribution in [-0.2, 0) is 4.79 Å². The third kappa shape index (κ3) is 3.07. The number of hydrogen-bond acceptors (Lipinski definition) is 4. The van der Waals surface area contributed by atoms with E-state index in [1.807, 2.05) is 0 Å². The van der Waals surface area contributed by atoms with Crippen LogP contribution in [0.2, 0.25) is 0 Å². The highest BCUT2D eigenvalue weighted by atomic mass is 32.1. The number of carbonyl (C=O) groups excluding carboxylic acids is 1. The molecule has 25 heavy (non-hydrogen) atoms. The number of carboxylic acids is 1. The smallest absolute Gasteiger partial charge is 0.397 e. The number of nitrogens with one attached hydrogen (secondary N) is 1. The van der Waals surface area contributed by atoms with E-state index >= 15 is 0 Å². The van der Waals surface area contributed by atoms with Crippen LogP contribution < -0.4 is 10.1 Å². The van der Waals surface area contributed by atoms with Gasteiger partial charge in [-0.05, 0) is 17.7 Å². The first kappa shape index (κ1) is 17.3. The Morgan fingerprint density at radius 1 is 1.32 bits per heavy atom. The standard InChI is InChI=1S/C16H12F3NO4S/c1-24-8-4-2-7(3-5-8)11-12-13(25-14(11)15(22)23)9(16(17,18)19)6-10(21)20-12/h2-5,9H,6H2,1H3,(H,20,21)(H,22,23)/t9-/m1/s1. The minimum absolute atomic E-state index is 0.0776. The maximum absolute atomic E-state index is 13.3. The van der Waals surface area contributed by atoms with E-state index in [1.54, 1.807) is 12.1 Å². The number of alkyl halides is 3. The Kier molecular flexibility index (Phi) is 4.19. The SMILES string of the molecule is COc1ccc(-c2c(C(=O)O)sc3c2NC(=O)C[C@H]3C(F)(F)F)cc1. The molecule has 1 aromatic carbocycles. The quantitative estimate of drug-likeness (QED) is 0.851. The number of halogens is 3. The summed E-state index contributed by atoms with van der Waals surface area (Å²) in [5.41, 5.74) is 0.391. The van der Waals surface area contributed by atoms with Gasteiger partial charge in [0.2, 0.25) is 5.91 Å². The van der Waals surface area contributed by atoms with Crippen molar-refractivity contribution < 1.29 is 32.6 Å². The largest absolute Gasteiger partial charge is 0.497 e. The van der Waals surface area contributed by atoms with Crippen LogP contribution in [0.15, 0.2) is 24.3 Å². The van der Waals surface area contributed by atoms with E-state index < -0.39 is 30.4 Å². The third-order valence-electron chi connectivity index (χ3n) is 3.87. The summed E-state index contributed by atoms with van der Waals surface area (Å²) in [6, 6.07) is 6.21. The lowest BCUT2D eigenvalue weighted by Gasteiger charge is -2.25. The Morgan fingerprint density at radius 3 is 2.48 bits per heavy atom. The molecule has 2 aromatic rings. The normalized spacial score (nSPS) is 17.0. The van der Waals surface area contributed by atoms with Gasteiger partial charge < -0.3 is 15.2 Å². The van der Waals surface area contributed by atoms with Crippen LogP contribution in [0.5, 0.6) is 5.75 Å². The average Bonchev–Trinajstić information content (AvgIpc) is 2.92. The molecule has 0 fully saturated rings. The third-order valence-corrected chi connectivity index (χ3v) is 5.17. The van der Waals surface area contributed by atoms with E-state index in [9.17, 15) is 27.9 Å². The van der Waals surface area contributed by atoms with Crippen molar-refractivity contribution in [1.29, 1.82) is 0 Å². The van der Waals surface area contributed by atoms with E-state index in [-0.39, 0.29) is 21.0 Å². The average molecular weight is 371 g/mol. The highest BCUT2D eigenvalue weighted by molar-refractivity contribution is 7.15. The Bertz CT molecular complexity index is 842. The van der Waals surface area contributed by atoms with Crippen LogP contribution in [0.3, 0.4) is 0 Å². The number of carbonyl (C=O) groups is 2. The molecule has 2 heterocycles. The molecular formula is C16H12F3NO4S. The van der Waals surface area contributed by atoms with Crippen molar-refractivity contribution in [2.45, 2.75) is 18.5 Å². The number of methoxy groups -OCH3 is 1. The fourth-order valence-electron chi connectivity index (χ4n) is 2.73. The molecule has 5 nitrogen and oxygen atoms in total. The second-order valence-electron chi connectivity index (χ2n) is 5.43. The topological polar surface area (TPSA) is 75.6 Å². The van der Waals surface area contributed by atoms with Gasteiger partial charge in [0.25, 0.3) is 0 Å². The van der Waals surface area contributed by atoms with Crippen LogP contribution in [0.25, 0.3) is 11.1 Å². The number of carboxylic acid groups (broad SMARTS) is 1. The fourth-order valence-corrected chi connectivity index (χ4v) is 3.98. The molecule has 0 spiro atoms. The molecule has 0 unspecified atom stereocenters. The molecule has 1 amide bonds. The summed E-state index contributed by atoms with van der Waals surface area (Å²) in [4.78, 5) is 22.9. The lowest BCUT2D eigenvalue weighted by molar-refractivity contribution is -0.156. The molecule has 1 aliphatic rings. The van der Waals surface area contributed by atoms with Crippen molar-refractivity contribution in [1.82, 2.24) is 0 Å². The van der Waals surface area contributed by atoms with Crippen LogP contribution in [0.4, 0.5) is 18.9 Å². The molecule has 0 radical (unpaired) electrons. The van der Waals surface area contributed by atoms with Gasteiger partial charge in [0.1, 0.15) is 16.5 Å². The Hall–Kier alpha value is -2.55. The first-order chi connectivity index (χ1) is 11.7. The van der Waals surface area contributed by atoms with Crippen LogP contribution in [0.1, 0.15) is 26.9 Å². The van der Waals surface area contributed by atoms with Gasteiger partial charge in [-0.2, -0.15) is 13.2 Å². The number of benzene rings is 1. The zero-order chi connectivity index (χ0) is 18.4. The highest BCUT2D eigenvalue weighted by Gasteiger charge is 2.47. The number of aromatic carboxylic acids is 1. The molecule has 0 saturated heterocycles. The number of fused-ring (bicyclic) bond motifs is 1. The number of thiophene rings is 1. The predicted octanol–water partition coefficient (Wildman–Crippen LogP) is 4.11. The molecule has 9 heteroatoms. The number of anilines is 1. The predicted molar refractivity (Wildman–Crippen MR) is 85.3 cm³/mol. The Morgan fingerprint density at radius 2 is 1.96 bits per heavy atom. The van der Waals surface area contributed by atoms with Crippen LogP contribution in [0, 0.1) is 0 Å². The molecule has 0 bridgehead atoms. The maximum Gasteiger partial charge on any atom is 0.397 e. The Balaban J connectivity index is 2.23. The van der Waals surface area contributed by atoms with Crippen molar-refractivity contribution in [3.05, 3.63) is 34.0 Å². The molecular weight excluding hydrogens is 359 g/mol. The summed E-state index contributed by atoms with van der Waals surface area (Å²) in [5.74, 6) is -3.63. The number of amides is 1. The van der Waals surface area contributed by atoms with Crippen molar-refractivity contribution in [3.8, 4) is 16.9 Å². The van der Waals surface area contributed by atoms with E-state index in [2.05, 4.69) is 5.32 Å². The first-order valence-corrected chi connectivity index (χ1v) is 7.95. The number of hydrogen-bond donors (Lipinski definition) is 2. The molecule has 1 aliphatic heterocycles. The van der Waals surface area contributed by atoms with Gasteiger partial charge in [-0.25, -0.2) is 4.79 Å². The van der Waals surface area contributed by atoms with Gasteiger partial charge in [0, 0.05) is 16.9 Å². The number of ether oxygens (including phenoxy) is 1. The van der Waals surface area contributed by atoms with Crippen LogP contribution >= 0.6 is 11.3 Å². The first-order valence-electron chi connectivity index (χ1n) is 7.13. The van der Waals surface area contributed by atoms with Gasteiger partial charge in [0.05, 0.1) is 12.8 Å². The van der Waals surface area contributed by atoms with Gasteiger partial charge in [-0.15, -0.1) is 11.3 Å². The lowest BCUT2D eigenvalue weighted by atomic mass is 9.93. The second kappa shape index (κ2) is 6.07. The summed E-state index contributed by atoms with van der Waals surface area (Å²) in [7, 11) is 1.46. The summed E-state index contributed by atoms with van der Waals surface area (Å²) >= 11 is 0.546. The highest BCUT2D eigenvalue weighted by Crippen LogP contribution is 2.52. The molecule has 0 saturated carbocycles. The monoisotopic (exact) mass is 371 g/mol. The van der Waals surface area contributed by atoms with Crippen molar-refractivity contribution in [3.63, 3.8) is 0 Å². The van der Waals surface area contributed by atoms with Gasteiger partial charge in [-0.1, -0.05) is 12.1 Å². The van der Waals surface area contributed by atoms with Gasteiger partial charge in [0.15, 0.2) is 0 Å². The maximum atomic E-state index is 13.3. The van der Waals surface area contributed by atoms with Crippen molar-refractivity contribution in [2.75, 3.05) is 12.4 Å². The van der Waals surface area contributed by atoms with E-state index in [1.165, 1.54) is 19.2 Å². The summed E-state index contributed by atoms with van der Waals surface area (Å²) in [6.07, 6.45) is -5.39. The van der Waals surface area contributed by atoms with Crippen molar-refractivity contribution in [2.24, 2.45) is 0 Å². The molecule has 2 N–H and O–H groups in total. The summed E-state index contributed by atoms with van der Waals surface area (Å²) < 4.78 is 44.9. The fraction of sp³-hybridized carbons (Fsp3) is 0.250. The lowest BCUT2D eigenvalue weighted by Crippen LogP contribution is -2.30.